The predicted molar refractivity (Wildman–Crippen MR) is 322 cm³/mol. The summed E-state index contributed by atoms with van der Waals surface area (Å²) in [6, 6.07) is 57.5. The first-order chi connectivity index (χ1) is 38.3. The van der Waals surface area contributed by atoms with E-state index in [1.807, 2.05) is 166 Å². The van der Waals surface area contributed by atoms with E-state index < -0.39 is 11.6 Å². The number of esters is 1. The second kappa shape index (κ2) is 24.1. The van der Waals surface area contributed by atoms with Crippen LogP contribution in [0.15, 0.2) is 182 Å². The molecule has 10 aromatic rings. The van der Waals surface area contributed by atoms with Gasteiger partial charge < -0.3 is 29.6 Å². The summed E-state index contributed by atoms with van der Waals surface area (Å²) in [6.07, 6.45) is 0. The average molecular weight is 1100 g/mol. The molecule has 0 aliphatic carbocycles. The molecule has 8 aromatic carbocycles. The number of nitrogens with one attached hydrogen (secondary N) is 2. The molecule has 2 heterocycles. The zero-order valence-corrected chi connectivity index (χ0v) is 47.3. The summed E-state index contributed by atoms with van der Waals surface area (Å²) < 4.78 is 10.2. The van der Waals surface area contributed by atoms with Crippen LogP contribution in [-0.2, 0) is 30.9 Å². The van der Waals surface area contributed by atoms with Crippen LogP contribution in [-0.4, -0.2) is 43.6 Å². The Balaban J connectivity index is 0.000000195. The van der Waals surface area contributed by atoms with Gasteiger partial charge in [-0.15, -0.1) is 0 Å². The number of ether oxygens (including phenoxy) is 1. The lowest BCUT2D eigenvalue weighted by molar-refractivity contribution is 0.00699. The van der Waals surface area contributed by atoms with Crippen LogP contribution in [0.5, 0.6) is 0 Å². The van der Waals surface area contributed by atoms with E-state index in [1.54, 1.807) is 12.1 Å². The highest BCUT2D eigenvalue weighted by atomic mass is 35.5. The van der Waals surface area contributed by atoms with Gasteiger partial charge in [0.25, 0.3) is 11.8 Å². The van der Waals surface area contributed by atoms with Gasteiger partial charge in [-0.2, -0.15) is 0 Å². The number of hydrogen-bond donors (Lipinski definition) is 3. The first-order valence-electron chi connectivity index (χ1n) is 26.4. The highest BCUT2D eigenvalue weighted by Crippen LogP contribution is 2.32. The van der Waals surface area contributed by atoms with Crippen molar-refractivity contribution >= 4 is 68.8 Å². The fourth-order valence-corrected chi connectivity index (χ4v) is 10.1. The lowest BCUT2D eigenvalue weighted by Crippen LogP contribution is -2.24. The molecule has 0 saturated carbocycles. The van der Waals surface area contributed by atoms with Gasteiger partial charge in [0.2, 0.25) is 0 Å². The van der Waals surface area contributed by atoms with Crippen LogP contribution < -0.4 is 10.6 Å². The Kier molecular flexibility index (Phi) is 16.9. The molecular weight excluding hydrogens is 1040 g/mol. The second-order valence-electron chi connectivity index (χ2n) is 21.0. The number of carboxylic acid groups (broad SMARTS) is 1. The highest BCUT2D eigenvalue weighted by Gasteiger charge is 2.22. The Morgan fingerprint density at radius 1 is 0.487 bits per heavy atom. The maximum absolute atomic E-state index is 12.9. The molecule has 0 spiro atoms. The molecule has 404 valence electrons. The molecule has 10 rings (SSSR count). The van der Waals surface area contributed by atoms with Gasteiger partial charge in [-0.05, 0) is 177 Å². The third-order valence-corrected chi connectivity index (χ3v) is 15.0. The number of benzene rings is 8. The topological polar surface area (TPSA) is 132 Å². The van der Waals surface area contributed by atoms with Crippen LogP contribution in [0.4, 0.5) is 0 Å². The number of nitrogens with zero attached hydrogens (tertiary/aromatic N) is 2. The van der Waals surface area contributed by atoms with Crippen LogP contribution in [0, 0.1) is 27.7 Å². The van der Waals surface area contributed by atoms with Crippen LogP contribution in [0.25, 0.3) is 44.1 Å². The molecule has 3 N–H and O–H groups in total. The Morgan fingerprint density at radius 3 is 1.26 bits per heavy atom. The normalized spacial score (nSPS) is 11.3. The third kappa shape index (κ3) is 12.9. The molecule has 0 saturated heterocycles. The number of carbonyl (C=O) groups excluding carboxylic acids is 3. The number of aromatic nitrogens is 2. The van der Waals surface area contributed by atoms with Crippen LogP contribution in [0.1, 0.15) is 107 Å². The van der Waals surface area contributed by atoms with Gasteiger partial charge >= 0.3 is 11.9 Å². The first-order valence-corrected chi connectivity index (χ1v) is 27.1. The van der Waals surface area contributed by atoms with E-state index in [1.165, 1.54) is 0 Å². The number of aromatic carboxylic acids is 1. The minimum atomic E-state index is -0.937. The van der Waals surface area contributed by atoms with Crippen molar-refractivity contribution in [1.82, 2.24) is 19.8 Å². The lowest BCUT2D eigenvalue weighted by atomic mass is 9.98. The maximum atomic E-state index is 12.9. The van der Waals surface area contributed by atoms with Crippen molar-refractivity contribution in [3.8, 4) is 22.3 Å². The monoisotopic (exact) mass is 1100 g/mol. The van der Waals surface area contributed by atoms with E-state index in [0.29, 0.717) is 58.5 Å². The molecule has 2 aromatic heterocycles. The summed E-state index contributed by atoms with van der Waals surface area (Å²) in [6.45, 7) is 16.2. The molecule has 0 radical (unpaired) electrons. The molecule has 0 aliphatic rings. The number of halogens is 2. The minimum Gasteiger partial charge on any atom is -0.478 e. The van der Waals surface area contributed by atoms with Gasteiger partial charge in [-0.3, -0.25) is 9.59 Å². The zero-order chi connectivity index (χ0) is 56.8. The van der Waals surface area contributed by atoms with Crippen LogP contribution in [0.2, 0.25) is 10.0 Å². The number of fused-ring (bicyclic) bond motifs is 2. The fourth-order valence-electron chi connectivity index (χ4n) is 9.87. The molecule has 0 fully saturated rings. The van der Waals surface area contributed by atoms with Gasteiger partial charge in [0.15, 0.2) is 0 Å². The second-order valence-corrected chi connectivity index (χ2v) is 21.8. The van der Waals surface area contributed by atoms with Gasteiger partial charge in [-0.1, -0.05) is 132 Å². The number of hydrogen-bond acceptors (Lipinski definition) is 5. The summed E-state index contributed by atoms with van der Waals surface area (Å²) in [4.78, 5) is 50.3. The zero-order valence-electron chi connectivity index (χ0n) is 45.8. The summed E-state index contributed by atoms with van der Waals surface area (Å²) in [5.74, 6) is -1.50. The van der Waals surface area contributed by atoms with Crippen molar-refractivity contribution in [3.63, 3.8) is 0 Å². The van der Waals surface area contributed by atoms with Crippen molar-refractivity contribution in [3.05, 3.63) is 259 Å². The number of carbonyl (C=O) groups is 4. The third-order valence-electron chi connectivity index (χ3n) is 14.4. The molecular formula is C68H62Cl2N4O6. The average Bonchev–Trinajstić information content (AvgIpc) is 3.84. The number of carboxylic acids is 1. The number of aryl methyl sites for hydroxylation is 2. The minimum absolute atomic E-state index is 0.112. The maximum Gasteiger partial charge on any atom is 0.339 e. The van der Waals surface area contributed by atoms with Crippen molar-refractivity contribution in [2.45, 2.75) is 80.2 Å². The summed E-state index contributed by atoms with van der Waals surface area (Å²) in [5.41, 5.74) is 15.8. The molecule has 0 aliphatic heterocycles. The van der Waals surface area contributed by atoms with E-state index in [-0.39, 0.29) is 23.3 Å². The van der Waals surface area contributed by atoms with Crippen molar-refractivity contribution in [1.29, 1.82) is 0 Å². The lowest BCUT2D eigenvalue weighted by Gasteiger charge is -2.20. The Hall–Kier alpha value is -8.70. The van der Waals surface area contributed by atoms with Crippen molar-refractivity contribution < 1.29 is 29.0 Å². The molecule has 10 nitrogen and oxygen atoms in total. The quantitative estimate of drug-likeness (QED) is 0.0930. The van der Waals surface area contributed by atoms with E-state index in [9.17, 15) is 24.3 Å². The summed E-state index contributed by atoms with van der Waals surface area (Å²) in [5, 5.41) is 19.0. The van der Waals surface area contributed by atoms with E-state index in [2.05, 4.69) is 71.7 Å². The molecule has 0 atom stereocenters. The van der Waals surface area contributed by atoms with Crippen molar-refractivity contribution in [2.24, 2.45) is 0 Å². The molecule has 2 amide bonds. The Bertz CT molecular complexity index is 3930. The first kappa shape index (κ1) is 56.0. The standard InChI is InChI=1S/C36H35ClN2O3.C32H27ClN2O3/c1-23-24(2)39(33-19-16-28(20-32(23)33)34(40)38-21-25-12-17-29(37)18-13-25)22-26-10-14-27(15-11-26)30-8-6-7-9-31(30)35(41)42-36(3,4)5;1-20-21(2)35(19-23-7-11-24(12-8-23)27-5-3-4-6-28(27)32(37)38)30-16-13-25(17-29(20)30)31(36)34-18-22-9-14-26(33)15-10-22/h6-20H,21-22H2,1-5H3,(H,38,40);3-17H,18-19H2,1-2H3,(H,34,36)(H,37,38). The van der Waals surface area contributed by atoms with Crippen molar-refractivity contribution in [2.75, 3.05) is 0 Å². The molecule has 12 heteroatoms. The highest BCUT2D eigenvalue weighted by molar-refractivity contribution is 6.30. The van der Waals surface area contributed by atoms with E-state index in [0.717, 1.165) is 83.3 Å². The molecule has 80 heavy (non-hydrogen) atoms. The number of amides is 2. The smallest absolute Gasteiger partial charge is 0.339 e. The summed E-state index contributed by atoms with van der Waals surface area (Å²) in [7, 11) is 0. The Labute approximate surface area is 476 Å². The van der Waals surface area contributed by atoms with Gasteiger partial charge in [0, 0.05) is 80.5 Å². The van der Waals surface area contributed by atoms with Gasteiger partial charge in [-0.25, -0.2) is 9.59 Å². The van der Waals surface area contributed by atoms with Gasteiger partial charge in [0.05, 0.1) is 11.1 Å². The predicted octanol–water partition coefficient (Wildman–Crippen LogP) is 15.8. The van der Waals surface area contributed by atoms with E-state index in [4.69, 9.17) is 27.9 Å². The fraction of sp³-hybridized carbons (Fsp3) is 0.176. The largest absolute Gasteiger partial charge is 0.478 e. The van der Waals surface area contributed by atoms with Gasteiger partial charge in [0.1, 0.15) is 5.60 Å². The van der Waals surface area contributed by atoms with Crippen LogP contribution >= 0.6 is 23.2 Å². The molecule has 0 unspecified atom stereocenters. The van der Waals surface area contributed by atoms with E-state index >= 15 is 0 Å². The molecule has 0 bridgehead atoms. The Morgan fingerprint density at radius 2 is 0.863 bits per heavy atom. The van der Waals surface area contributed by atoms with Crippen LogP contribution in [0.3, 0.4) is 0 Å². The summed E-state index contributed by atoms with van der Waals surface area (Å²) >= 11 is 11.9. The number of rotatable bonds is 14. The SMILES string of the molecule is Cc1c(C)n(Cc2ccc(-c3ccccc3C(=O)O)cc2)c2ccc(C(=O)NCc3ccc(Cl)cc3)cc12.Cc1c(C)n(Cc2ccc(-c3ccccc3C(=O)OC(C)(C)C)cc2)c2ccc(C(=O)NCc3ccc(Cl)cc3)cc12.